The summed E-state index contributed by atoms with van der Waals surface area (Å²) in [4.78, 5) is 2.68. The van der Waals surface area contributed by atoms with Crippen molar-refractivity contribution in [3.05, 3.63) is 10.4 Å². The van der Waals surface area contributed by atoms with Crippen LogP contribution in [0.1, 0.15) is 32.6 Å². The highest BCUT2D eigenvalue weighted by Gasteiger charge is 1.88. The molecule has 0 spiro atoms. The molecule has 4 heteroatoms. The first-order chi connectivity index (χ1) is 5.91. The summed E-state index contributed by atoms with van der Waals surface area (Å²) < 4.78 is 5.18. The minimum atomic E-state index is 0.630. The van der Waals surface area contributed by atoms with Gasteiger partial charge in [0, 0.05) is 24.7 Å². The van der Waals surface area contributed by atoms with E-state index >= 15 is 0 Å². The predicted molar refractivity (Wildman–Crippen MR) is 49.0 cm³/mol. The van der Waals surface area contributed by atoms with Gasteiger partial charge in [-0.05, 0) is 25.3 Å². The molecule has 0 unspecified atom stereocenters. The fourth-order valence-corrected chi connectivity index (χ4v) is 0.929. The molecule has 0 heterocycles. The van der Waals surface area contributed by atoms with Gasteiger partial charge in [0.1, 0.15) is 0 Å². The van der Waals surface area contributed by atoms with Gasteiger partial charge >= 0.3 is 0 Å². The van der Waals surface area contributed by atoms with Gasteiger partial charge in [0.25, 0.3) is 0 Å². The number of azide groups is 1. The highest BCUT2D eigenvalue weighted by molar-refractivity contribution is 4.48. The van der Waals surface area contributed by atoms with Gasteiger partial charge in [-0.1, -0.05) is 18.0 Å². The Morgan fingerprint density at radius 3 is 2.67 bits per heavy atom. The molecule has 0 aliphatic carbocycles. The molecule has 70 valence electrons. The molecule has 0 aromatic carbocycles. The lowest BCUT2D eigenvalue weighted by Gasteiger charge is -1.99. The zero-order chi connectivity index (χ0) is 9.07. The van der Waals surface area contributed by atoms with Crippen LogP contribution in [0.2, 0.25) is 0 Å². The van der Waals surface area contributed by atoms with Crippen LogP contribution in [0.4, 0.5) is 0 Å². The summed E-state index contributed by atoms with van der Waals surface area (Å²) in [6.45, 7) is 4.30. The molecule has 12 heavy (non-hydrogen) atoms. The van der Waals surface area contributed by atoms with Gasteiger partial charge in [-0.15, -0.1) is 0 Å². The first-order valence-corrected chi connectivity index (χ1v) is 4.50. The molecule has 4 nitrogen and oxygen atoms in total. The number of hydrogen-bond donors (Lipinski definition) is 0. The summed E-state index contributed by atoms with van der Waals surface area (Å²) in [6, 6.07) is 0. The van der Waals surface area contributed by atoms with Crippen LogP contribution in [0, 0.1) is 0 Å². The van der Waals surface area contributed by atoms with Crippen LogP contribution in [0.15, 0.2) is 5.11 Å². The lowest BCUT2D eigenvalue weighted by atomic mass is 10.2. The zero-order valence-electron chi connectivity index (χ0n) is 7.70. The van der Waals surface area contributed by atoms with Crippen LogP contribution in [-0.4, -0.2) is 19.8 Å². The Hall–Kier alpha value is -0.730. The third-order valence-electron chi connectivity index (χ3n) is 1.56. The van der Waals surface area contributed by atoms with E-state index in [1.54, 1.807) is 0 Å². The maximum Gasteiger partial charge on any atom is 0.0465 e. The van der Waals surface area contributed by atoms with E-state index in [9.17, 15) is 0 Å². The number of nitrogens with zero attached hydrogens (tertiary/aromatic N) is 3. The van der Waals surface area contributed by atoms with Crippen molar-refractivity contribution in [1.29, 1.82) is 0 Å². The molecular weight excluding hydrogens is 154 g/mol. The van der Waals surface area contributed by atoms with Crippen LogP contribution in [0.3, 0.4) is 0 Å². The van der Waals surface area contributed by atoms with Crippen molar-refractivity contribution in [1.82, 2.24) is 0 Å². The normalized spacial score (nSPS) is 9.42. The molecule has 0 fully saturated rings. The Labute approximate surface area is 73.5 Å². The second kappa shape index (κ2) is 10.3. The molecule has 0 bridgehead atoms. The van der Waals surface area contributed by atoms with Gasteiger partial charge in [-0.3, -0.25) is 0 Å². The molecule has 0 rings (SSSR count). The second-order valence-electron chi connectivity index (χ2n) is 2.57. The first-order valence-electron chi connectivity index (χ1n) is 4.50. The molecule has 0 saturated heterocycles. The Morgan fingerprint density at radius 2 is 2.00 bits per heavy atom. The highest BCUT2D eigenvalue weighted by Crippen LogP contribution is 2.00. The summed E-state index contributed by atoms with van der Waals surface area (Å²) in [7, 11) is 0. The monoisotopic (exact) mass is 171 g/mol. The van der Waals surface area contributed by atoms with Crippen molar-refractivity contribution < 1.29 is 4.74 Å². The molecule has 0 amide bonds. The fraction of sp³-hybridized carbons (Fsp3) is 1.00. The Balaban J connectivity index is 2.86. The van der Waals surface area contributed by atoms with E-state index < -0.39 is 0 Å². The van der Waals surface area contributed by atoms with E-state index in [4.69, 9.17) is 10.3 Å². The fourth-order valence-electron chi connectivity index (χ4n) is 0.929. The van der Waals surface area contributed by atoms with Crippen LogP contribution >= 0.6 is 0 Å². The lowest BCUT2D eigenvalue weighted by Crippen LogP contribution is -1.93. The van der Waals surface area contributed by atoms with Gasteiger partial charge in [-0.2, -0.15) is 0 Å². The standard InChI is InChI=1S/C8H17N3O/c1-2-12-8-6-4-3-5-7-10-11-9/h2-8H2,1H3. The van der Waals surface area contributed by atoms with Crippen LogP contribution < -0.4 is 0 Å². The molecule has 0 saturated carbocycles. The largest absolute Gasteiger partial charge is 0.382 e. The molecule has 0 atom stereocenters. The number of hydrogen-bond acceptors (Lipinski definition) is 2. The summed E-state index contributed by atoms with van der Waals surface area (Å²) in [6.07, 6.45) is 4.41. The zero-order valence-corrected chi connectivity index (χ0v) is 7.70. The Morgan fingerprint density at radius 1 is 1.25 bits per heavy atom. The van der Waals surface area contributed by atoms with E-state index in [1.807, 2.05) is 6.92 Å². The first kappa shape index (κ1) is 11.3. The number of rotatable bonds is 8. The van der Waals surface area contributed by atoms with Crippen LogP contribution in [-0.2, 0) is 4.74 Å². The van der Waals surface area contributed by atoms with E-state index in [0.29, 0.717) is 6.54 Å². The lowest BCUT2D eigenvalue weighted by molar-refractivity contribution is 0.143. The third kappa shape index (κ3) is 9.27. The molecule has 0 aromatic heterocycles. The Kier molecular flexibility index (Phi) is 9.65. The van der Waals surface area contributed by atoms with Crippen LogP contribution in [0.5, 0.6) is 0 Å². The molecule has 0 aliphatic heterocycles. The van der Waals surface area contributed by atoms with E-state index in [-0.39, 0.29) is 0 Å². The van der Waals surface area contributed by atoms with Gasteiger partial charge in [-0.25, -0.2) is 0 Å². The minimum absolute atomic E-state index is 0.630. The SMILES string of the molecule is CCOCCCCCCN=[N+]=[N-]. The van der Waals surface area contributed by atoms with Gasteiger partial charge in [0.05, 0.1) is 0 Å². The van der Waals surface area contributed by atoms with Crippen molar-refractivity contribution >= 4 is 0 Å². The smallest absolute Gasteiger partial charge is 0.0465 e. The van der Waals surface area contributed by atoms with Gasteiger partial charge in [0.15, 0.2) is 0 Å². The summed E-state index contributed by atoms with van der Waals surface area (Å²) in [5.74, 6) is 0. The van der Waals surface area contributed by atoms with Crippen molar-refractivity contribution in [3.63, 3.8) is 0 Å². The topological polar surface area (TPSA) is 58.0 Å². The molecule has 0 N–H and O–H groups in total. The molecule has 0 aliphatic rings. The minimum Gasteiger partial charge on any atom is -0.382 e. The maximum atomic E-state index is 7.98. The summed E-state index contributed by atoms with van der Waals surface area (Å²) in [5, 5.41) is 3.46. The van der Waals surface area contributed by atoms with Crippen molar-refractivity contribution in [2.45, 2.75) is 32.6 Å². The summed E-state index contributed by atoms with van der Waals surface area (Å²) >= 11 is 0. The van der Waals surface area contributed by atoms with E-state index in [2.05, 4.69) is 10.0 Å². The van der Waals surface area contributed by atoms with Crippen LogP contribution in [0.25, 0.3) is 10.4 Å². The van der Waals surface area contributed by atoms with E-state index in [1.165, 1.54) is 6.42 Å². The number of ether oxygens (including phenoxy) is 1. The third-order valence-corrected chi connectivity index (χ3v) is 1.56. The average Bonchev–Trinajstić information content (AvgIpc) is 2.10. The molecular formula is C8H17N3O. The molecule has 0 radical (unpaired) electrons. The second-order valence-corrected chi connectivity index (χ2v) is 2.57. The number of unbranched alkanes of at least 4 members (excludes halogenated alkanes) is 3. The molecule has 0 aromatic rings. The van der Waals surface area contributed by atoms with Gasteiger partial charge in [0.2, 0.25) is 0 Å². The quantitative estimate of drug-likeness (QED) is 0.240. The van der Waals surface area contributed by atoms with Crippen molar-refractivity contribution in [3.8, 4) is 0 Å². The van der Waals surface area contributed by atoms with E-state index in [0.717, 1.165) is 32.5 Å². The highest BCUT2D eigenvalue weighted by atomic mass is 16.5. The van der Waals surface area contributed by atoms with Crippen molar-refractivity contribution in [2.24, 2.45) is 5.11 Å². The average molecular weight is 171 g/mol. The predicted octanol–water partition coefficient (Wildman–Crippen LogP) is 2.89. The van der Waals surface area contributed by atoms with Gasteiger partial charge < -0.3 is 4.74 Å². The van der Waals surface area contributed by atoms with Crippen molar-refractivity contribution in [2.75, 3.05) is 19.8 Å². The maximum absolute atomic E-state index is 7.98. The summed E-state index contributed by atoms with van der Waals surface area (Å²) in [5.41, 5.74) is 7.98. The Bertz CT molecular complexity index is 132.